The number of unbranched alkanes of at least 4 members (excludes halogenated alkanes) is 2. The highest BCUT2D eigenvalue weighted by Gasteiger charge is 2.05. The van der Waals surface area contributed by atoms with Gasteiger partial charge in [-0.2, -0.15) is 0 Å². The Bertz CT molecular complexity index is 523. The highest BCUT2D eigenvalue weighted by molar-refractivity contribution is 7.80. The van der Waals surface area contributed by atoms with Gasteiger partial charge in [0.25, 0.3) is 5.91 Å². The largest absolute Gasteiger partial charge is 0.484 e. The molecule has 0 aromatic heterocycles. The number of amides is 1. The van der Waals surface area contributed by atoms with Crippen molar-refractivity contribution in [3.63, 3.8) is 0 Å². The molecule has 0 saturated heterocycles. The third-order valence-electron chi connectivity index (χ3n) is 3.59. The van der Waals surface area contributed by atoms with E-state index < -0.39 is 0 Å². The standard InChI is InChI=1S/C18H29N3O2S/c1-4-5-6-8-15(3)12-19-18(24)21-20-17(22)13-23-16-10-7-9-14(2)11-16/h7,9-11,15H,4-6,8,12-13H2,1-3H3,(H,20,22)(H2,19,21,24)/t15-/m1/s1. The van der Waals surface area contributed by atoms with Crippen LogP contribution in [0.5, 0.6) is 5.75 Å². The summed E-state index contributed by atoms with van der Waals surface area (Å²) in [6.45, 7) is 7.10. The maximum atomic E-state index is 11.7. The van der Waals surface area contributed by atoms with E-state index in [2.05, 4.69) is 30.0 Å². The molecule has 1 atom stereocenters. The normalized spacial score (nSPS) is 11.5. The molecule has 0 saturated carbocycles. The summed E-state index contributed by atoms with van der Waals surface area (Å²) in [7, 11) is 0. The van der Waals surface area contributed by atoms with E-state index in [1.165, 1.54) is 25.7 Å². The molecule has 5 nitrogen and oxygen atoms in total. The second-order valence-corrected chi connectivity index (χ2v) is 6.50. The van der Waals surface area contributed by atoms with Crippen LogP contribution < -0.4 is 20.9 Å². The summed E-state index contributed by atoms with van der Waals surface area (Å²) in [4.78, 5) is 11.7. The Balaban J connectivity index is 2.13. The number of thiocarbonyl (C=S) groups is 1. The van der Waals surface area contributed by atoms with E-state index in [9.17, 15) is 4.79 Å². The Morgan fingerprint density at radius 3 is 2.79 bits per heavy atom. The number of aryl methyl sites for hydroxylation is 1. The molecule has 0 spiro atoms. The Hall–Kier alpha value is -1.82. The number of hydrogen-bond donors (Lipinski definition) is 3. The summed E-state index contributed by atoms with van der Waals surface area (Å²) in [6, 6.07) is 7.57. The SMILES string of the molecule is CCCCC[C@@H](C)CNC(=S)NNC(=O)COc1cccc(C)c1. The van der Waals surface area contributed by atoms with Crippen LogP contribution in [0.1, 0.15) is 45.1 Å². The maximum absolute atomic E-state index is 11.7. The van der Waals surface area contributed by atoms with Gasteiger partial charge in [0.15, 0.2) is 11.7 Å². The predicted molar refractivity (Wildman–Crippen MR) is 102 cm³/mol. The van der Waals surface area contributed by atoms with Crippen LogP contribution >= 0.6 is 12.2 Å². The minimum absolute atomic E-state index is 0.0630. The number of ether oxygens (including phenoxy) is 1. The van der Waals surface area contributed by atoms with Crippen LogP contribution in [0.25, 0.3) is 0 Å². The van der Waals surface area contributed by atoms with Gasteiger partial charge < -0.3 is 10.1 Å². The lowest BCUT2D eigenvalue weighted by Gasteiger charge is -2.15. The fourth-order valence-corrected chi connectivity index (χ4v) is 2.31. The van der Waals surface area contributed by atoms with Crippen LogP contribution in [0.2, 0.25) is 0 Å². The molecule has 0 radical (unpaired) electrons. The number of benzene rings is 1. The van der Waals surface area contributed by atoms with Gasteiger partial charge in [0, 0.05) is 6.54 Å². The zero-order valence-corrected chi connectivity index (χ0v) is 15.7. The monoisotopic (exact) mass is 351 g/mol. The number of rotatable bonds is 9. The molecule has 0 bridgehead atoms. The van der Waals surface area contributed by atoms with Crippen LogP contribution in [-0.4, -0.2) is 24.2 Å². The van der Waals surface area contributed by atoms with Gasteiger partial charge in [-0.05, 0) is 49.2 Å². The molecule has 0 aliphatic heterocycles. The first-order valence-electron chi connectivity index (χ1n) is 8.53. The fraction of sp³-hybridized carbons (Fsp3) is 0.556. The smallest absolute Gasteiger partial charge is 0.276 e. The molecule has 1 amide bonds. The zero-order chi connectivity index (χ0) is 17.8. The van der Waals surface area contributed by atoms with Crippen LogP contribution in [0, 0.1) is 12.8 Å². The van der Waals surface area contributed by atoms with Gasteiger partial charge in [0.05, 0.1) is 0 Å². The van der Waals surface area contributed by atoms with E-state index >= 15 is 0 Å². The van der Waals surface area contributed by atoms with Gasteiger partial charge in [-0.3, -0.25) is 15.6 Å². The molecule has 1 aromatic carbocycles. The Labute approximate surface area is 150 Å². The molecule has 24 heavy (non-hydrogen) atoms. The van der Waals surface area contributed by atoms with Gasteiger partial charge in [-0.1, -0.05) is 45.2 Å². The number of hydrazine groups is 1. The van der Waals surface area contributed by atoms with Crippen LogP contribution in [0.4, 0.5) is 0 Å². The molecule has 0 aliphatic rings. The van der Waals surface area contributed by atoms with E-state index in [-0.39, 0.29) is 12.5 Å². The molecule has 1 rings (SSSR count). The van der Waals surface area contributed by atoms with Crippen molar-refractivity contribution >= 4 is 23.2 Å². The Kier molecular flexibility index (Phi) is 9.84. The van der Waals surface area contributed by atoms with Crippen molar-refractivity contribution in [2.75, 3.05) is 13.2 Å². The van der Waals surface area contributed by atoms with Crippen LogP contribution in [0.15, 0.2) is 24.3 Å². The lowest BCUT2D eigenvalue weighted by molar-refractivity contribution is -0.123. The number of hydrogen-bond acceptors (Lipinski definition) is 3. The van der Waals surface area contributed by atoms with Crippen molar-refractivity contribution in [2.24, 2.45) is 5.92 Å². The quantitative estimate of drug-likeness (QED) is 0.362. The number of nitrogens with one attached hydrogen (secondary N) is 3. The first kappa shape index (κ1) is 20.2. The van der Waals surface area contributed by atoms with Crippen molar-refractivity contribution in [3.05, 3.63) is 29.8 Å². The van der Waals surface area contributed by atoms with Gasteiger partial charge in [-0.15, -0.1) is 0 Å². The lowest BCUT2D eigenvalue weighted by Crippen LogP contribution is -2.48. The minimum atomic E-state index is -0.281. The first-order chi connectivity index (χ1) is 11.5. The van der Waals surface area contributed by atoms with E-state index in [1.807, 2.05) is 31.2 Å². The number of carbonyl (C=O) groups is 1. The summed E-state index contributed by atoms with van der Waals surface area (Å²) in [5, 5.41) is 3.53. The second-order valence-electron chi connectivity index (χ2n) is 6.09. The third-order valence-corrected chi connectivity index (χ3v) is 3.83. The molecule has 134 valence electrons. The fourth-order valence-electron chi connectivity index (χ4n) is 2.17. The van der Waals surface area contributed by atoms with Crippen molar-refractivity contribution in [1.82, 2.24) is 16.2 Å². The molecular formula is C18H29N3O2S. The average Bonchev–Trinajstić information content (AvgIpc) is 2.56. The van der Waals surface area contributed by atoms with Crippen LogP contribution in [-0.2, 0) is 4.79 Å². The molecular weight excluding hydrogens is 322 g/mol. The van der Waals surface area contributed by atoms with Gasteiger partial charge in [-0.25, -0.2) is 0 Å². The highest BCUT2D eigenvalue weighted by atomic mass is 32.1. The highest BCUT2D eigenvalue weighted by Crippen LogP contribution is 2.11. The number of carbonyl (C=O) groups excluding carboxylic acids is 1. The van der Waals surface area contributed by atoms with E-state index in [0.29, 0.717) is 16.8 Å². The zero-order valence-electron chi connectivity index (χ0n) is 14.9. The topological polar surface area (TPSA) is 62.4 Å². The molecule has 6 heteroatoms. The van der Waals surface area contributed by atoms with Crippen molar-refractivity contribution < 1.29 is 9.53 Å². The third kappa shape index (κ3) is 9.35. The Morgan fingerprint density at radius 1 is 1.29 bits per heavy atom. The summed E-state index contributed by atoms with van der Waals surface area (Å²) < 4.78 is 5.42. The lowest BCUT2D eigenvalue weighted by atomic mass is 10.0. The van der Waals surface area contributed by atoms with Crippen molar-refractivity contribution in [3.8, 4) is 5.75 Å². The average molecular weight is 352 g/mol. The summed E-state index contributed by atoms with van der Waals surface area (Å²) in [5.41, 5.74) is 6.31. The van der Waals surface area contributed by atoms with Gasteiger partial charge in [0.1, 0.15) is 5.75 Å². The summed E-state index contributed by atoms with van der Waals surface area (Å²) >= 11 is 5.14. The summed E-state index contributed by atoms with van der Waals surface area (Å²) in [6.07, 6.45) is 4.92. The second kappa shape index (κ2) is 11.7. The molecule has 0 unspecified atom stereocenters. The van der Waals surface area contributed by atoms with Gasteiger partial charge >= 0.3 is 0 Å². The van der Waals surface area contributed by atoms with Gasteiger partial charge in [0.2, 0.25) is 0 Å². The Morgan fingerprint density at radius 2 is 2.08 bits per heavy atom. The molecule has 0 fully saturated rings. The molecule has 1 aromatic rings. The minimum Gasteiger partial charge on any atom is -0.484 e. The van der Waals surface area contributed by atoms with Crippen molar-refractivity contribution in [1.29, 1.82) is 0 Å². The molecule has 0 aliphatic carbocycles. The van der Waals surface area contributed by atoms with E-state index in [1.54, 1.807) is 0 Å². The van der Waals surface area contributed by atoms with E-state index in [4.69, 9.17) is 17.0 Å². The summed E-state index contributed by atoms with van der Waals surface area (Å²) in [5.74, 6) is 0.945. The van der Waals surface area contributed by atoms with E-state index in [0.717, 1.165) is 12.1 Å². The maximum Gasteiger partial charge on any atom is 0.276 e. The predicted octanol–water partition coefficient (Wildman–Crippen LogP) is 3.09. The van der Waals surface area contributed by atoms with Crippen LogP contribution in [0.3, 0.4) is 0 Å². The van der Waals surface area contributed by atoms with Crippen molar-refractivity contribution in [2.45, 2.75) is 46.5 Å². The molecule has 0 heterocycles. The first-order valence-corrected chi connectivity index (χ1v) is 8.94. The molecule has 3 N–H and O–H groups in total.